The van der Waals surface area contributed by atoms with Crippen LogP contribution < -0.4 is 5.73 Å². The van der Waals surface area contributed by atoms with Gasteiger partial charge in [-0.15, -0.1) is 0 Å². The van der Waals surface area contributed by atoms with Crippen LogP contribution in [0.1, 0.15) is 70.6 Å². The van der Waals surface area contributed by atoms with Crippen LogP contribution in [0, 0.1) is 11.3 Å². The fraction of sp³-hybridized carbons (Fsp3) is 1.00. The van der Waals surface area contributed by atoms with Gasteiger partial charge in [0.15, 0.2) is 0 Å². The largest absolute Gasteiger partial charge is 0.330 e. The van der Waals surface area contributed by atoms with E-state index < -0.39 is 0 Å². The first kappa shape index (κ1) is 11.4. The third-order valence-electron chi connectivity index (χ3n) is 4.98. The van der Waals surface area contributed by atoms with Crippen LogP contribution in [-0.4, -0.2) is 6.54 Å². The first-order valence-electron chi connectivity index (χ1n) is 7.07. The fourth-order valence-corrected chi connectivity index (χ4v) is 3.93. The Morgan fingerprint density at radius 3 is 1.87 bits per heavy atom. The summed E-state index contributed by atoms with van der Waals surface area (Å²) in [6.07, 6.45) is 16.0. The maximum Gasteiger partial charge on any atom is -0.00179 e. The lowest BCUT2D eigenvalue weighted by atomic mass is 9.63. The molecular weight excluding hydrogens is 182 g/mol. The lowest BCUT2D eigenvalue weighted by Crippen LogP contribution is -2.39. The molecule has 2 aliphatic carbocycles. The van der Waals surface area contributed by atoms with Crippen LogP contribution in [0.15, 0.2) is 0 Å². The molecule has 2 aliphatic rings. The van der Waals surface area contributed by atoms with Crippen molar-refractivity contribution in [3.8, 4) is 0 Å². The van der Waals surface area contributed by atoms with Gasteiger partial charge < -0.3 is 5.73 Å². The molecule has 1 heteroatoms. The smallest absolute Gasteiger partial charge is 0.00179 e. The zero-order valence-corrected chi connectivity index (χ0v) is 10.1. The van der Waals surface area contributed by atoms with Crippen molar-refractivity contribution in [3.05, 3.63) is 0 Å². The Hall–Kier alpha value is -0.0400. The summed E-state index contributed by atoms with van der Waals surface area (Å²) in [5.41, 5.74) is 6.68. The van der Waals surface area contributed by atoms with E-state index in [1.54, 1.807) is 0 Å². The van der Waals surface area contributed by atoms with Crippen molar-refractivity contribution in [3.63, 3.8) is 0 Å². The molecular formula is C14H27N. The quantitative estimate of drug-likeness (QED) is 0.687. The monoisotopic (exact) mass is 209 g/mol. The zero-order valence-electron chi connectivity index (χ0n) is 10.1. The highest BCUT2D eigenvalue weighted by Crippen LogP contribution is 2.46. The topological polar surface area (TPSA) is 26.0 Å². The SMILES string of the molecule is NCC1(C2CCCCCC2)CCCCC1. The highest BCUT2D eigenvalue weighted by atomic mass is 14.6. The van der Waals surface area contributed by atoms with Gasteiger partial charge in [-0.2, -0.15) is 0 Å². The second-order valence-corrected chi connectivity index (χ2v) is 5.82. The third-order valence-corrected chi connectivity index (χ3v) is 4.98. The number of nitrogens with two attached hydrogens (primary N) is 1. The Labute approximate surface area is 94.8 Å². The van der Waals surface area contributed by atoms with Crippen LogP contribution in [-0.2, 0) is 0 Å². The summed E-state index contributed by atoms with van der Waals surface area (Å²) >= 11 is 0. The van der Waals surface area contributed by atoms with Crippen LogP contribution in [0.25, 0.3) is 0 Å². The molecule has 0 unspecified atom stereocenters. The first-order chi connectivity index (χ1) is 7.37. The minimum absolute atomic E-state index is 0.558. The van der Waals surface area contributed by atoms with E-state index in [9.17, 15) is 0 Å². The van der Waals surface area contributed by atoms with Crippen LogP contribution in [0.3, 0.4) is 0 Å². The third kappa shape index (κ3) is 2.55. The van der Waals surface area contributed by atoms with Gasteiger partial charge in [-0.3, -0.25) is 0 Å². The second kappa shape index (κ2) is 5.34. The summed E-state index contributed by atoms with van der Waals surface area (Å²) in [7, 11) is 0. The zero-order chi connectivity index (χ0) is 10.6. The molecule has 2 saturated carbocycles. The van der Waals surface area contributed by atoms with Gasteiger partial charge >= 0.3 is 0 Å². The van der Waals surface area contributed by atoms with E-state index >= 15 is 0 Å². The van der Waals surface area contributed by atoms with Crippen LogP contribution >= 0.6 is 0 Å². The molecule has 0 saturated heterocycles. The molecule has 0 aromatic carbocycles. The van der Waals surface area contributed by atoms with Crippen LogP contribution in [0.4, 0.5) is 0 Å². The molecule has 15 heavy (non-hydrogen) atoms. The van der Waals surface area contributed by atoms with E-state index in [4.69, 9.17) is 5.73 Å². The molecule has 0 atom stereocenters. The van der Waals surface area contributed by atoms with Gasteiger partial charge in [-0.25, -0.2) is 0 Å². The van der Waals surface area contributed by atoms with Crippen molar-refractivity contribution in [1.29, 1.82) is 0 Å². The normalized spacial score (nSPS) is 28.6. The number of hydrogen-bond donors (Lipinski definition) is 1. The van der Waals surface area contributed by atoms with Gasteiger partial charge in [-0.1, -0.05) is 44.9 Å². The molecule has 0 aromatic rings. The van der Waals surface area contributed by atoms with Crippen LogP contribution in [0.5, 0.6) is 0 Å². The molecule has 0 amide bonds. The van der Waals surface area contributed by atoms with Crippen LogP contribution in [0.2, 0.25) is 0 Å². The Bertz CT molecular complexity index is 174. The maximum absolute atomic E-state index is 6.12. The van der Waals surface area contributed by atoms with Gasteiger partial charge in [-0.05, 0) is 43.6 Å². The molecule has 2 N–H and O–H groups in total. The molecule has 0 radical (unpaired) electrons. The standard InChI is InChI=1S/C14H27N/c15-12-14(10-6-3-7-11-14)13-8-4-1-2-5-9-13/h13H,1-12,15H2. The molecule has 0 aliphatic heterocycles. The second-order valence-electron chi connectivity index (χ2n) is 5.82. The van der Waals surface area contributed by atoms with E-state index in [0.717, 1.165) is 12.5 Å². The molecule has 0 heterocycles. The van der Waals surface area contributed by atoms with Crippen molar-refractivity contribution in [2.24, 2.45) is 17.1 Å². The molecule has 88 valence electrons. The van der Waals surface area contributed by atoms with Gasteiger partial charge in [0.25, 0.3) is 0 Å². The van der Waals surface area contributed by atoms with Crippen molar-refractivity contribution in [2.75, 3.05) is 6.54 Å². The van der Waals surface area contributed by atoms with Gasteiger partial charge in [0.05, 0.1) is 0 Å². The van der Waals surface area contributed by atoms with Gasteiger partial charge in [0.2, 0.25) is 0 Å². The number of rotatable bonds is 2. The Balaban J connectivity index is 2.01. The van der Waals surface area contributed by atoms with Gasteiger partial charge in [0, 0.05) is 0 Å². The Morgan fingerprint density at radius 2 is 1.33 bits per heavy atom. The molecule has 0 spiro atoms. The minimum atomic E-state index is 0.558. The maximum atomic E-state index is 6.12. The summed E-state index contributed by atoms with van der Waals surface area (Å²) in [6, 6.07) is 0. The fourth-order valence-electron chi connectivity index (χ4n) is 3.93. The number of hydrogen-bond acceptors (Lipinski definition) is 1. The summed E-state index contributed by atoms with van der Waals surface area (Å²) < 4.78 is 0. The average molecular weight is 209 g/mol. The predicted octanol–water partition coefficient (Wildman–Crippen LogP) is 3.87. The summed E-state index contributed by atoms with van der Waals surface area (Å²) in [5, 5.41) is 0. The Morgan fingerprint density at radius 1 is 0.800 bits per heavy atom. The minimum Gasteiger partial charge on any atom is -0.330 e. The van der Waals surface area contributed by atoms with E-state index in [1.165, 1.54) is 70.6 Å². The molecule has 0 bridgehead atoms. The van der Waals surface area contributed by atoms with E-state index in [2.05, 4.69) is 0 Å². The summed E-state index contributed by atoms with van der Waals surface area (Å²) in [5.74, 6) is 0.963. The first-order valence-corrected chi connectivity index (χ1v) is 7.07. The lowest BCUT2D eigenvalue weighted by molar-refractivity contribution is 0.0929. The van der Waals surface area contributed by atoms with E-state index in [1.807, 2.05) is 0 Å². The van der Waals surface area contributed by atoms with Crippen molar-refractivity contribution < 1.29 is 0 Å². The average Bonchev–Trinajstić information content (AvgIpc) is 2.59. The molecule has 2 rings (SSSR count). The summed E-state index contributed by atoms with van der Waals surface area (Å²) in [6.45, 7) is 0.956. The summed E-state index contributed by atoms with van der Waals surface area (Å²) in [4.78, 5) is 0. The van der Waals surface area contributed by atoms with Gasteiger partial charge in [0.1, 0.15) is 0 Å². The van der Waals surface area contributed by atoms with E-state index in [-0.39, 0.29) is 0 Å². The molecule has 2 fully saturated rings. The molecule has 0 aromatic heterocycles. The highest BCUT2D eigenvalue weighted by molar-refractivity contribution is 4.90. The van der Waals surface area contributed by atoms with Crippen molar-refractivity contribution in [2.45, 2.75) is 70.6 Å². The lowest BCUT2D eigenvalue weighted by Gasteiger charge is -2.43. The molecule has 1 nitrogen and oxygen atoms in total. The Kier molecular flexibility index (Phi) is 4.07. The predicted molar refractivity (Wildman–Crippen MR) is 65.8 cm³/mol. The highest BCUT2D eigenvalue weighted by Gasteiger charge is 2.38. The van der Waals surface area contributed by atoms with Crippen molar-refractivity contribution in [1.82, 2.24) is 0 Å². The van der Waals surface area contributed by atoms with Crippen molar-refractivity contribution >= 4 is 0 Å². The van der Waals surface area contributed by atoms with E-state index in [0.29, 0.717) is 5.41 Å².